The zero-order valence-corrected chi connectivity index (χ0v) is 11.3. The van der Waals surface area contributed by atoms with Gasteiger partial charge in [0.25, 0.3) is 0 Å². The van der Waals surface area contributed by atoms with Crippen LogP contribution >= 0.6 is 0 Å². The number of H-pyrrole nitrogens is 1. The van der Waals surface area contributed by atoms with Gasteiger partial charge in [-0.25, -0.2) is 9.78 Å². The van der Waals surface area contributed by atoms with Crippen LogP contribution in [-0.2, 0) is 4.79 Å². The summed E-state index contributed by atoms with van der Waals surface area (Å²) in [5.74, 6) is 0.343. The summed E-state index contributed by atoms with van der Waals surface area (Å²) in [5, 5.41) is 11.7. The van der Waals surface area contributed by atoms with Gasteiger partial charge in [-0.2, -0.15) is 0 Å². The van der Waals surface area contributed by atoms with Gasteiger partial charge in [-0.3, -0.25) is 0 Å². The molecule has 0 aliphatic carbocycles. The van der Waals surface area contributed by atoms with Crippen molar-refractivity contribution in [3.8, 4) is 11.6 Å². The predicted octanol–water partition coefficient (Wildman–Crippen LogP) is 3.22. The van der Waals surface area contributed by atoms with Crippen molar-refractivity contribution >= 4 is 22.7 Å². The number of imidazole rings is 1. The number of aliphatic carboxylic acids is 1. The number of rotatable bonds is 4. The first-order chi connectivity index (χ1) is 10.1. The Balaban J connectivity index is 1.92. The molecule has 6 heteroatoms. The highest BCUT2D eigenvalue weighted by molar-refractivity contribution is 5.84. The van der Waals surface area contributed by atoms with Gasteiger partial charge < -0.3 is 19.8 Å². The molecule has 0 atom stereocenters. The van der Waals surface area contributed by atoms with Gasteiger partial charge in [-0.05, 0) is 37.3 Å². The van der Waals surface area contributed by atoms with Gasteiger partial charge in [0.05, 0.1) is 17.3 Å². The highest BCUT2D eigenvalue weighted by atomic mass is 16.4. The van der Waals surface area contributed by atoms with E-state index in [1.807, 2.05) is 24.3 Å². The lowest BCUT2D eigenvalue weighted by Crippen LogP contribution is -1.99. The third-order valence-corrected chi connectivity index (χ3v) is 2.92. The highest BCUT2D eigenvalue weighted by Gasteiger charge is 2.08. The molecule has 0 aliphatic rings. The van der Waals surface area contributed by atoms with E-state index in [1.54, 1.807) is 19.3 Å². The van der Waals surface area contributed by atoms with Gasteiger partial charge in [0.2, 0.25) is 0 Å². The summed E-state index contributed by atoms with van der Waals surface area (Å²) in [7, 11) is 0. The first-order valence-electron chi connectivity index (χ1n) is 6.34. The summed E-state index contributed by atoms with van der Waals surface area (Å²) in [6, 6.07) is 9.20. The lowest BCUT2D eigenvalue weighted by molar-refractivity contribution is -0.131. The van der Waals surface area contributed by atoms with Gasteiger partial charge in [0.15, 0.2) is 11.6 Å². The average molecular weight is 283 g/mol. The van der Waals surface area contributed by atoms with Gasteiger partial charge in [0, 0.05) is 17.5 Å². The molecule has 2 heterocycles. The molecule has 0 bridgehead atoms. The molecule has 0 radical (unpaired) electrons. The zero-order valence-electron chi connectivity index (χ0n) is 11.3. The number of aromatic nitrogens is 2. The van der Waals surface area contributed by atoms with E-state index in [9.17, 15) is 4.79 Å². The van der Waals surface area contributed by atoms with Crippen LogP contribution < -0.4 is 5.32 Å². The number of carboxylic acid groups (broad SMARTS) is 1. The Hall–Kier alpha value is -3.02. The highest BCUT2D eigenvalue weighted by Crippen LogP contribution is 2.23. The maximum absolute atomic E-state index is 10.6. The lowest BCUT2D eigenvalue weighted by Gasteiger charge is -2.05. The number of fused-ring (bicyclic) bond motifs is 1. The molecular weight excluding hydrogens is 270 g/mol. The SMILES string of the molecule is CC(=CC(=O)O)Nc1ccc2nc(-c3ccco3)[nH]c2c1. The monoisotopic (exact) mass is 283 g/mol. The van der Waals surface area contributed by atoms with Crippen LogP contribution in [0.1, 0.15) is 6.92 Å². The fraction of sp³-hybridized carbons (Fsp3) is 0.0667. The molecule has 2 aromatic heterocycles. The van der Waals surface area contributed by atoms with Crippen LogP contribution in [0.15, 0.2) is 52.8 Å². The number of carboxylic acids is 1. The first kappa shape index (κ1) is 13.0. The normalized spacial score (nSPS) is 11.8. The number of aromatic amines is 1. The molecule has 0 amide bonds. The number of carbonyl (C=O) groups is 1. The Kier molecular flexibility index (Phi) is 3.19. The second-order valence-corrected chi connectivity index (χ2v) is 4.59. The maximum Gasteiger partial charge on any atom is 0.330 e. The lowest BCUT2D eigenvalue weighted by atomic mass is 10.2. The second kappa shape index (κ2) is 5.16. The Morgan fingerprint density at radius 1 is 1.43 bits per heavy atom. The summed E-state index contributed by atoms with van der Waals surface area (Å²) < 4.78 is 5.30. The summed E-state index contributed by atoms with van der Waals surface area (Å²) >= 11 is 0. The Morgan fingerprint density at radius 2 is 2.29 bits per heavy atom. The van der Waals surface area contributed by atoms with Crippen molar-refractivity contribution in [2.24, 2.45) is 0 Å². The molecule has 3 N–H and O–H groups in total. The number of allylic oxidation sites excluding steroid dienone is 1. The molecule has 3 aromatic rings. The number of hydrogen-bond donors (Lipinski definition) is 3. The van der Waals surface area contributed by atoms with Crippen LogP contribution in [0.4, 0.5) is 5.69 Å². The standard InChI is InChI=1S/C15H13N3O3/c1-9(7-14(19)20)16-10-4-5-11-12(8-10)18-15(17-11)13-3-2-6-21-13/h2-8,16H,1H3,(H,17,18)(H,19,20). The number of hydrogen-bond acceptors (Lipinski definition) is 4. The maximum atomic E-state index is 10.6. The van der Waals surface area contributed by atoms with Crippen LogP contribution in [0.5, 0.6) is 0 Å². The quantitative estimate of drug-likeness (QED) is 0.639. The number of nitrogens with one attached hydrogen (secondary N) is 2. The van der Waals surface area contributed by atoms with E-state index in [0.29, 0.717) is 17.3 Å². The minimum absolute atomic E-state index is 0.549. The van der Waals surface area contributed by atoms with E-state index in [4.69, 9.17) is 9.52 Å². The molecule has 0 aliphatic heterocycles. The summed E-state index contributed by atoms with van der Waals surface area (Å²) in [6.07, 6.45) is 2.71. The minimum atomic E-state index is -0.984. The van der Waals surface area contributed by atoms with Gasteiger partial charge in [-0.1, -0.05) is 0 Å². The third-order valence-electron chi connectivity index (χ3n) is 2.92. The Morgan fingerprint density at radius 3 is 3.00 bits per heavy atom. The van der Waals surface area contributed by atoms with Crippen molar-refractivity contribution in [2.45, 2.75) is 6.92 Å². The van der Waals surface area contributed by atoms with Gasteiger partial charge in [0.1, 0.15) is 0 Å². The van der Waals surface area contributed by atoms with E-state index >= 15 is 0 Å². The van der Waals surface area contributed by atoms with Gasteiger partial charge in [-0.15, -0.1) is 0 Å². The van der Waals surface area contributed by atoms with Crippen LogP contribution in [0, 0.1) is 0 Å². The number of furan rings is 1. The molecule has 21 heavy (non-hydrogen) atoms. The van der Waals surface area contributed by atoms with E-state index in [2.05, 4.69) is 15.3 Å². The fourth-order valence-corrected chi connectivity index (χ4v) is 2.07. The minimum Gasteiger partial charge on any atom is -0.478 e. The van der Waals surface area contributed by atoms with E-state index < -0.39 is 5.97 Å². The van der Waals surface area contributed by atoms with Crippen molar-refractivity contribution in [1.29, 1.82) is 0 Å². The number of benzene rings is 1. The summed E-state index contributed by atoms with van der Waals surface area (Å²) in [6.45, 7) is 1.69. The average Bonchev–Trinajstić information content (AvgIpc) is 3.05. The molecule has 106 valence electrons. The summed E-state index contributed by atoms with van der Waals surface area (Å²) in [4.78, 5) is 18.2. The zero-order chi connectivity index (χ0) is 14.8. The molecule has 6 nitrogen and oxygen atoms in total. The molecule has 1 aromatic carbocycles. The van der Waals surface area contributed by atoms with Crippen molar-refractivity contribution in [1.82, 2.24) is 9.97 Å². The largest absolute Gasteiger partial charge is 0.478 e. The van der Waals surface area contributed by atoms with Crippen LogP contribution in [0.3, 0.4) is 0 Å². The topological polar surface area (TPSA) is 91.2 Å². The molecule has 3 rings (SSSR count). The van der Waals surface area contributed by atoms with Crippen LogP contribution in [0.25, 0.3) is 22.6 Å². The predicted molar refractivity (Wildman–Crippen MR) is 78.8 cm³/mol. The van der Waals surface area contributed by atoms with Crippen molar-refractivity contribution in [3.05, 3.63) is 48.4 Å². The second-order valence-electron chi connectivity index (χ2n) is 4.59. The Bertz CT molecular complexity index is 816. The van der Waals surface area contributed by atoms with Crippen molar-refractivity contribution < 1.29 is 14.3 Å². The summed E-state index contributed by atoms with van der Waals surface area (Å²) in [5.41, 5.74) is 2.99. The molecular formula is C15H13N3O3. The van der Waals surface area contributed by atoms with E-state index in [-0.39, 0.29) is 0 Å². The van der Waals surface area contributed by atoms with E-state index in [1.165, 1.54) is 0 Å². The number of anilines is 1. The molecule has 0 spiro atoms. The van der Waals surface area contributed by atoms with E-state index in [0.717, 1.165) is 22.8 Å². The molecule has 0 unspecified atom stereocenters. The molecule has 0 saturated carbocycles. The third kappa shape index (κ3) is 2.79. The molecule has 0 saturated heterocycles. The van der Waals surface area contributed by atoms with Crippen LogP contribution in [0.2, 0.25) is 0 Å². The fourth-order valence-electron chi connectivity index (χ4n) is 2.07. The van der Waals surface area contributed by atoms with Gasteiger partial charge >= 0.3 is 5.97 Å². The van der Waals surface area contributed by atoms with Crippen molar-refractivity contribution in [2.75, 3.05) is 5.32 Å². The first-order valence-corrected chi connectivity index (χ1v) is 6.34. The van der Waals surface area contributed by atoms with Crippen LogP contribution in [-0.4, -0.2) is 21.0 Å². The number of nitrogens with zero attached hydrogens (tertiary/aromatic N) is 1. The van der Waals surface area contributed by atoms with Crippen molar-refractivity contribution in [3.63, 3.8) is 0 Å². The smallest absolute Gasteiger partial charge is 0.330 e. The molecule has 0 fully saturated rings. The Labute approximate surface area is 120 Å².